The van der Waals surface area contributed by atoms with Crippen LogP contribution in [0.25, 0.3) is 0 Å². The van der Waals surface area contributed by atoms with Gasteiger partial charge in [0.25, 0.3) is 0 Å². The normalized spacial score (nSPS) is 28.1. The van der Waals surface area contributed by atoms with Gasteiger partial charge in [0.2, 0.25) is 10.0 Å². The van der Waals surface area contributed by atoms with Crippen LogP contribution < -0.4 is 4.74 Å². The Kier molecular flexibility index (Phi) is 6.64. The molecular weight excluding hydrogens is 396 g/mol. The number of hydrogen-bond donors (Lipinski definition) is 0. The first-order valence-corrected chi connectivity index (χ1v) is 12.1. The molecule has 4 rings (SSSR count). The molecule has 5 nitrogen and oxygen atoms in total. The third-order valence-electron chi connectivity index (χ3n) is 6.39. The molecule has 3 aliphatic rings. The molecular formula is C21H33ClN2O3S. The third-order valence-corrected chi connectivity index (χ3v) is 7.70. The maximum atomic E-state index is 12.3. The number of piperidine rings is 2. The number of fused-ring (bicyclic) bond motifs is 4. The van der Waals surface area contributed by atoms with E-state index in [0.29, 0.717) is 24.4 Å². The second kappa shape index (κ2) is 8.50. The Morgan fingerprint density at radius 3 is 2.75 bits per heavy atom. The number of halogens is 1. The maximum Gasteiger partial charge on any atom is 0.211 e. The zero-order valence-corrected chi connectivity index (χ0v) is 18.8. The second-order valence-corrected chi connectivity index (χ2v) is 10.8. The first-order chi connectivity index (χ1) is 12.8. The molecule has 0 bridgehead atoms. The van der Waals surface area contributed by atoms with Gasteiger partial charge in [-0.05, 0) is 60.8 Å². The van der Waals surface area contributed by atoms with E-state index >= 15 is 0 Å². The van der Waals surface area contributed by atoms with Crippen molar-refractivity contribution in [1.29, 1.82) is 0 Å². The fourth-order valence-electron chi connectivity index (χ4n) is 5.15. The average Bonchev–Trinajstić information content (AvgIpc) is 2.63. The van der Waals surface area contributed by atoms with E-state index < -0.39 is 10.0 Å². The van der Waals surface area contributed by atoms with E-state index in [1.165, 1.54) is 17.4 Å². The Hall–Kier alpha value is -0.820. The Bertz CT molecular complexity index is 799. The highest BCUT2D eigenvalue weighted by atomic mass is 35.5. The minimum Gasteiger partial charge on any atom is -0.493 e. The van der Waals surface area contributed by atoms with Crippen LogP contribution in [0.2, 0.25) is 0 Å². The standard InChI is InChI=1S/C21H32N2O3S.ClH/c1-15(2)14-26-18-6-7-19-16(11-18)8-10-22-13-17-5-4-9-23(27(3,24)25)20(17)12-21(19)22;/h6-7,11,15,17,20-21H,4-5,8-10,12-14H2,1-3H3;1H/t17-,20+,21-;/m1./s1. The lowest BCUT2D eigenvalue weighted by Gasteiger charge is -2.51. The molecule has 0 aliphatic carbocycles. The van der Waals surface area contributed by atoms with Gasteiger partial charge in [0, 0.05) is 31.7 Å². The van der Waals surface area contributed by atoms with Gasteiger partial charge in [-0.1, -0.05) is 19.9 Å². The van der Waals surface area contributed by atoms with Crippen LogP contribution in [0.4, 0.5) is 0 Å². The second-order valence-electron chi connectivity index (χ2n) is 8.91. The molecule has 1 aromatic carbocycles. The van der Waals surface area contributed by atoms with E-state index in [9.17, 15) is 8.42 Å². The highest BCUT2D eigenvalue weighted by molar-refractivity contribution is 7.88. The molecule has 3 aliphatic heterocycles. The summed E-state index contributed by atoms with van der Waals surface area (Å²) in [7, 11) is -3.14. The molecule has 3 atom stereocenters. The Morgan fingerprint density at radius 1 is 1.25 bits per heavy atom. The summed E-state index contributed by atoms with van der Waals surface area (Å²) in [5.74, 6) is 1.94. The van der Waals surface area contributed by atoms with Gasteiger partial charge in [0.1, 0.15) is 5.75 Å². The first-order valence-electron chi connectivity index (χ1n) is 10.3. The van der Waals surface area contributed by atoms with Gasteiger partial charge in [-0.25, -0.2) is 8.42 Å². The minimum absolute atomic E-state index is 0. The Balaban J connectivity index is 0.00000225. The molecule has 1 aromatic rings. The van der Waals surface area contributed by atoms with Crippen LogP contribution in [0, 0.1) is 11.8 Å². The smallest absolute Gasteiger partial charge is 0.211 e. The number of benzene rings is 1. The van der Waals surface area contributed by atoms with Gasteiger partial charge in [-0.3, -0.25) is 4.90 Å². The predicted octanol–water partition coefficient (Wildman–Crippen LogP) is 3.49. The van der Waals surface area contributed by atoms with Crippen LogP contribution in [-0.2, 0) is 16.4 Å². The lowest BCUT2D eigenvalue weighted by atomic mass is 9.77. The predicted molar refractivity (Wildman–Crippen MR) is 115 cm³/mol. The lowest BCUT2D eigenvalue weighted by Crippen LogP contribution is -2.57. The quantitative estimate of drug-likeness (QED) is 0.736. The van der Waals surface area contributed by atoms with E-state index in [-0.39, 0.29) is 18.4 Å². The maximum absolute atomic E-state index is 12.3. The largest absolute Gasteiger partial charge is 0.493 e. The molecule has 0 N–H and O–H groups in total. The van der Waals surface area contributed by atoms with Crippen molar-refractivity contribution in [2.45, 2.75) is 51.6 Å². The van der Waals surface area contributed by atoms with Crippen LogP contribution in [0.3, 0.4) is 0 Å². The summed E-state index contributed by atoms with van der Waals surface area (Å²) in [5, 5.41) is 0. The molecule has 2 saturated heterocycles. The minimum atomic E-state index is -3.14. The van der Waals surface area contributed by atoms with Crippen LogP contribution in [0.15, 0.2) is 18.2 Å². The summed E-state index contributed by atoms with van der Waals surface area (Å²) in [4.78, 5) is 2.59. The van der Waals surface area contributed by atoms with E-state index in [1.54, 1.807) is 4.31 Å². The number of sulfonamides is 1. The highest BCUT2D eigenvalue weighted by Gasteiger charge is 2.44. The fourth-order valence-corrected chi connectivity index (χ4v) is 6.37. The topological polar surface area (TPSA) is 49.9 Å². The summed E-state index contributed by atoms with van der Waals surface area (Å²) in [6.07, 6.45) is 5.47. The summed E-state index contributed by atoms with van der Waals surface area (Å²) in [5.41, 5.74) is 2.74. The van der Waals surface area contributed by atoms with Crippen molar-refractivity contribution >= 4 is 22.4 Å². The highest BCUT2D eigenvalue weighted by Crippen LogP contribution is 2.44. The van der Waals surface area contributed by atoms with Gasteiger partial charge in [-0.15, -0.1) is 12.4 Å². The number of hydrogen-bond acceptors (Lipinski definition) is 4. The van der Waals surface area contributed by atoms with Gasteiger partial charge in [0.15, 0.2) is 0 Å². The van der Waals surface area contributed by atoms with Gasteiger partial charge in [-0.2, -0.15) is 4.31 Å². The van der Waals surface area contributed by atoms with Crippen LogP contribution in [-0.4, -0.2) is 56.2 Å². The molecule has 0 amide bonds. The van der Waals surface area contributed by atoms with E-state index in [2.05, 4.69) is 36.9 Å². The van der Waals surface area contributed by atoms with Gasteiger partial charge < -0.3 is 4.74 Å². The van der Waals surface area contributed by atoms with Crippen molar-refractivity contribution in [2.75, 3.05) is 32.5 Å². The van der Waals surface area contributed by atoms with Crippen molar-refractivity contribution in [3.05, 3.63) is 29.3 Å². The first kappa shape index (κ1) is 21.9. The van der Waals surface area contributed by atoms with Crippen molar-refractivity contribution in [3.63, 3.8) is 0 Å². The summed E-state index contributed by atoms with van der Waals surface area (Å²) in [6.45, 7) is 7.82. The monoisotopic (exact) mass is 428 g/mol. The molecule has 2 fully saturated rings. The van der Waals surface area contributed by atoms with Gasteiger partial charge in [0.05, 0.1) is 12.9 Å². The molecule has 28 heavy (non-hydrogen) atoms. The molecule has 158 valence electrons. The van der Waals surface area contributed by atoms with E-state index in [0.717, 1.165) is 51.1 Å². The van der Waals surface area contributed by atoms with Crippen LogP contribution in [0.5, 0.6) is 5.75 Å². The zero-order valence-electron chi connectivity index (χ0n) is 17.1. The molecule has 0 saturated carbocycles. The van der Waals surface area contributed by atoms with Crippen molar-refractivity contribution in [3.8, 4) is 5.75 Å². The summed E-state index contributed by atoms with van der Waals surface area (Å²) >= 11 is 0. The molecule has 0 aromatic heterocycles. The lowest BCUT2D eigenvalue weighted by molar-refractivity contribution is 0.0222. The SMILES string of the molecule is CC(C)COc1ccc2c(c1)CCN1C[C@H]3CCCN(S(C)(=O)=O)[C@H]3C[C@H]21.Cl. The summed E-state index contributed by atoms with van der Waals surface area (Å²) in [6, 6.07) is 6.99. The number of nitrogens with zero attached hydrogens (tertiary/aromatic N) is 2. The summed E-state index contributed by atoms with van der Waals surface area (Å²) < 4.78 is 32.3. The van der Waals surface area contributed by atoms with Crippen molar-refractivity contribution < 1.29 is 13.2 Å². The van der Waals surface area contributed by atoms with E-state index in [1.807, 2.05) is 0 Å². The molecule has 0 radical (unpaired) electrons. The third kappa shape index (κ3) is 4.35. The van der Waals surface area contributed by atoms with Crippen LogP contribution in [0.1, 0.15) is 50.3 Å². The molecule has 7 heteroatoms. The van der Waals surface area contributed by atoms with Crippen molar-refractivity contribution in [2.24, 2.45) is 11.8 Å². The van der Waals surface area contributed by atoms with Crippen LogP contribution >= 0.6 is 12.4 Å². The molecule has 0 spiro atoms. The Labute approximate surface area is 175 Å². The number of rotatable bonds is 4. The zero-order chi connectivity index (χ0) is 19.2. The molecule has 0 unspecified atom stereocenters. The molecule has 3 heterocycles. The average molecular weight is 429 g/mol. The van der Waals surface area contributed by atoms with Crippen molar-refractivity contribution in [1.82, 2.24) is 9.21 Å². The van der Waals surface area contributed by atoms with E-state index in [4.69, 9.17) is 4.74 Å². The Morgan fingerprint density at radius 2 is 2.04 bits per heavy atom. The fraction of sp³-hybridized carbons (Fsp3) is 0.714. The van der Waals surface area contributed by atoms with Gasteiger partial charge >= 0.3 is 0 Å². The number of ether oxygens (including phenoxy) is 1.